The van der Waals surface area contributed by atoms with Gasteiger partial charge in [-0.05, 0) is 37.8 Å². The van der Waals surface area contributed by atoms with Gasteiger partial charge in [0.25, 0.3) is 5.91 Å². The molecule has 2 aromatic rings. The molecule has 2 fully saturated rings. The third-order valence-electron chi connectivity index (χ3n) is 5.71. The number of pyridine rings is 1. The number of carbonyl (C=O) groups excluding carboxylic acids is 2. The van der Waals surface area contributed by atoms with E-state index in [9.17, 15) is 9.59 Å². The molecule has 0 aromatic carbocycles. The van der Waals surface area contributed by atoms with E-state index >= 15 is 0 Å². The molecule has 2 aliphatic rings. The number of thiazole rings is 1. The lowest BCUT2D eigenvalue weighted by Crippen LogP contribution is -2.39. The maximum atomic E-state index is 12.7. The van der Waals surface area contributed by atoms with Gasteiger partial charge in [-0.1, -0.05) is 6.42 Å². The highest BCUT2D eigenvalue weighted by molar-refractivity contribution is 7.09. The first-order chi connectivity index (χ1) is 13.7. The largest absolute Gasteiger partial charge is 0.355 e. The molecule has 1 saturated heterocycles. The van der Waals surface area contributed by atoms with Gasteiger partial charge in [0.15, 0.2) is 0 Å². The Kier molecular flexibility index (Phi) is 6.00. The Balaban J connectivity index is 1.30. The molecule has 4 rings (SSSR count). The quantitative estimate of drug-likeness (QED) is 0.812. The van der Waals surface area contributed by atoms with Crippen LogP contribution in [-0.2, 0) is 11.2 Å². The van der Waals surface area contributed by atoms with Crippen molar-refractivity contribution in [2.75, 3.05) is 19.6 Å². The highest BCUT2D eigenvalue weighted by atomic mass is 32.1. The van der Waals surface area contributed by atoms with Crippen LogP contribution in [0.15, 0.2) is 29.9 Å². The molecule has 7 heteroatoms. The van der Waals surface area contributed by atoms with E-state index in [1.54, 1.807) is 35.9 Å². The highest BCUT2D eigenvalue weighted by Crippen LogP contribution is 2.30. The first-order valence-electron chi connectivity index (χ1n) is 10.1. The molecule has 2 amide bonds. The fraction of sp³-hybridized carbons (Fsp3) is 0.524. The monoisotopic (exact) mass is 398 g/mol. The third-order valence-corrected chi connectivity index (χ3v) is 6.77. The number of piperidine rings is 1. The average molecular weight is 399 g/mol. The molecule has 0 bridgehead atoms. The van der Waals surface area contributed by atoms with Gasteiger partial charge in [0.05, 0.1) is 10.7 Å². The Morgan fingerprint density at radius 1 is 1.18 bits per heavy atom. The average Bonchev–Trinajstić information content (AvgIpc) is 3.16. The molecule has 1 N–H and O–H groups in total. The summed E-state index contributed by atoms with van der Waals surface area (Å²) in [5, 5.41) is 6.23. The van der Waals surface area contributed by atoms with Crippen molar-refractivity contribution in [2.45, 2.75) is 44.4 Å². The van der Waals surface area contributed by atoms with Crippen molar-refractivity contribution in [1.82, 2.24) is 20.2 Å². The van der Waals surface area contributed by atoms with E-state index in [1.165, 1.54) is 6.42 Å². The van der Waals surface area contributed by atoms with Gasteiger partial charge in [-0.2, -0.15) is 0 Å². The van der Waals surface area contributed by atoms with Crippen LogP contribution in [0.1, 0.15) is 59.1 Å². The summed E-state index contributed by atoms with van der Waals surface area (Å²) in [5.74, 6) is 0.793. The Morgan fingerprint density at radius 2 is 2.00 bits per heavy atom. The summed E-state index contributed by atoms with van der Waals surface area (Å²) >= 11 is 1.67. The van der Waals surface area contributed by atoms with Gasteiger partial charge in [0.1, 0.15) is 0 Å². The predicted molar refractivity (Wildman–Crippen MR) is 108 cm³/mol. The number of likely N-dealkylation sites (tertiary alicyclic amines) is 1. The first-order valence-corrected chi connectivity index (χ1v) is 11.0. The molecule has 1 atom stereocenters. The van der Waals surface area contributed by atoms with Crippen molar-refractivity contribution in [3.8, 4) is 0 Å². The number of rotatable bonds is 6. The highest BCUT2D eigenvalue weighted by Gasteiger charge is 2.27. The van der Waals surface area contributed by atoms with E-state index in [1.807, 2.05) is 4.90 Å². The van der Waals surface area contributed by atoms with E-state index in [0.29, 0.717) is 24.6 Å². The van der Waals surface area contributed by atoms with Crippen LogP contribution in [-0.4, -0.2) is 46.3 Å². The minimum Gasteiger partial charge on any atom is -0.355 e. The van der Waals surface area contributed by atoms with Crippen molar-refractivity contribution in [3.63, 3.8) is 0 Å². The van der Waals surface area contributed by atoms with Crippen molar-refractivity contribution >= 4 is 23.2 Å². The number of amides is 2. The normalized spacial score (nSPS) is 19.9. The Hall–Kier alpha value is -2.28. The number of hydrogen-bond acceptors (Lipinski definition) is 5. The molecular formula is C21H26N4O2S. The summed E-state index contributed by atoms with van der Waals surface area (Å²) in [4.78, 5) is 35.3. The number of nitrogens with one attached hydrogen (secondary N) is 1. The summed E-state index contributed by atoms with van der Waals surface area (Å²) in [7, 11) is 0. The lowest BCUT2D eigenvalue weighted by Gasteiger charge is -2.31. The molecule has 0 spiro atoms. The lowest BCUT2D eigenvalue weighted by molar-refractivity contribution is -0.127. The minimum absolute atomic E-state index is 0.0718. The molecular weight excluding hydrogens is 372 g/mol. The van der Waals surface area contributed by atoms with Crippen LogP contribution in [0.2, 0.25) is 0 Å². The minimum atomic E-state index is 0.0718. The van der Waals surface area contributed by atoms with Gasteiger partial charge in [-0.25, -0.2) is 4.98 Å². The molecule has 1 aliphatic carbocycles. The molecule has 28 heavy (non-hydrogen) atoms. The Bertz CT molecular complexity index is 819. The fourth-order valence-electron chi connectivity index (χ4n) is 3.79. The van der Waals surface area contributed by atoms with Crippen molar-refractivity contribution in [1.29, 1.82) is 0 Å². The maximum Gasteiger partial charge on any atom is 0.253 e. The predicted octanol–water partition coefficient (Wildman–Crippen LogP) is 3.02. The zero-order valence-corrected chi connectivity index (χ0v) is 16.8. The summed E-state index contributed by atoms with van der Waals surface area (Å²) in [6.07, 6.45) is 9.37. The summed E-state index contributed by atoms with van der Waals surface area (Å²) in [5.41, 5.74) is 1.73. The number of nitrogens with zero attached hydrogens (tertiary/aromatic N) is 3. The molecule has 1 unspecified atom stereocenters. The summed E-state index contributed by atoms with van der Waals surface area (Å²) in [6.45, 7) is 2.16. The molecule has 3 heterocycles. The Labute approximate surface area is 169 Å². The van der Waals surface area contributed by atoms with Gasteiger partial charge >= 0.3 is 0 Å². The molecule has 6 nitrogen and oxygen atoms in total. The van der Waals surface area contributed by atoms with Crippen LogP contribution in [0, 0.1) is 5.92 Å². The van der Waals surface area contributed by atoms with Crippen molar-refractivity contribution in [2.24, 2.45) is 5.92 Å². The Morgan fingerprint density at radius 3 is 2.75 bits per heavy atom. The van der Waals surface area contributed by atoms with Gasteiger partial charge in [0.2, 0.25) is 5.91 Å². The standard InChI is InChI=1S/C21H26N4O2S/c26-19(15-3-1-4-15)23-11-8-18-14-28-20(24-18)17-5-2-12-25(13-17)21(27)16-6-9-22-10-7-16/h6-7,9-10,14-15,17H,1-5,8,11-13H2,(H,23,26). The van der Waals surface area contributed by atoms with Crippen LogP contribution in [0.5, 0.6) is 0 Å². The second kappa shape index (κ2) is 8.82. The molecule has 148 valence electrons. The zero-order valence-electron chi connectivity index (χ0n) is 16.0. The van der Waals surface area contributed by atoms with Gasteiger partial charge in [-0.15, -0.1) is 11.3 Å². The molecule has 0 radical (unpaired) electrons. The second-order valence-electron chi connectivity index (χ2n) is 7.67. The zero-order chi connectivity index (χ0) is 19.3. The van der Waals surface area contributed by atoms with E-state index in [-0.39, 0.29) is 17.7 Å². The van der Waals surface area contributed by atoms with Crippen LogP contribution < -0.4 is 5.32 Å². The third kappa shape index (κ3) is 4.41. The number of aromatic nitrogens is 2. The van der Waals surface area contributed by atoms with Crippen LogP contribution in [0.4, 0.5) is 0 Å². The topological polar surface area (TPSA) is 75.2 Å². The smallest absolute Gasteiger partial charge is 0.253 e. The summed E-state index contributed by atoms with van der Waals surface area (Å²) in [6, 6.07) is 3.54. The molecule has 1 saturated carbocycles. The van der Waals surface area contributed by atoms with Crippen LogP contribution in [0.25, 0.3) is 0 Å². The van der Waals surface area contributed by atoms with E-state index in [0.717, 1.165) is 49.4 Å². The second-order valence-corrected chi connectivity index (χ2v) is 8.56. The van der Waals surface area contributed by atoms with Crippen molar-refractivity contribution in [3.05, 3.63) is 46.2 Å². The van der Waals surface area contributed by atoms with E-state index < -0.39 is 0 Å². The lowest BCUT2D eigenvalue weighted by atomic mass is 9.85. The first kappa shape index (κ1) is 19.1. The van der Waals surface area contributed by atoms with Gasteiger partial charge in [-0.3, -0.25) is 14.6 Å². The number of hydrogen-bond donors (Lipinski definition) is 1. The molecule has 2 aromatic heterocycles. The fourth-order valence-corrected chi connectivity index (χ4v) is 4.78. The SMILES string of the molecule is O=C(NCCc1csc(C2CCCN(C(=O)c3ccncc3)C2)n1)C1CCC1. The van der Waals surface area contributed by atoms with E-state index in [4.69, 9.17) is 4.98 Å². The van der Waals surface area contributed by atoms with E-state index in [2.05, 4.69) is 15.7 Å². The van der Waals surface area contributed by atoms with Crippen molar-refractivity contribution < 1.29 is 9.59 Å². The number of carbonyl (C=O) groups is 2. The van der Waals surface area contributed by atoms with Gasteiger partial charge < -0.3 is 10.2 Å². The van der Waals surface area contributed by atoms with Gasteiger partial charge in [0, 0.05) is 61.2 Å². The maximum absolute atomic E-state index is 12.7. The van der Waals surface area contributed by atoms with Crippen LogP contribution in [0.3, 0.4) is 0 Å². The van der Waals surface area contributed by atoms with Crippen LogP contribution >= 0.6 is 11.3 Å². The summed E-state index contributed by atoms with van der Waals surface area (Å²) < 4.78 is 0. The molecule has 1 aliphatic heterocycles.